The Morgan fingerprint density at radius 1 is 1.33 bits per heavy atom. The zero-order valence-corrected chi connectivity index (χ0v) is 13.5. The average molecular weight is 332 g/mol. The number of benzene rings is 1. The van der Waals surface area contributed by atoms with Gasteiger partial charge in [0, 0.05) is 32.7 Å². The van der Waals surface area contributed by atoms with Crippen molar-refractivity contribution in [1.82, 2.24) is 9.80 Å². The highest BCUT2D eigenvalue weighted by Crippen LogP contribution is 2.36. The standard InChI is InChI=1S/C17H20N2O5/c1-23-15-5-4-12-14(20)11-24-16(12)13(15)3-2-6-18-7-9-19(10-8-18)17(21)22/h2-5H,6-11H2,1H3,(H,21,22)/b3-2-. The van der Waals surface area contributed by atoms with Gasteiger partial charge in [-0.3, -0.25) is 9.69 Å². The molecule has 1 N–H and O–H groups in total. The van der Waals surface area contributed by atoms with Crippen LogP contribution in [0.3, 0.4) is 0 Å². The first-order chi connectivity index (χ1) is 11.6. The number of carboxylic acid groups (broad SMARTS) is 1. The molecule has 0 unspecified atom stereocenters. The largest absolute Gasteiger partial charge is 0.496 e. The number of nitrogens with zero attached hydrogens (tertiary/aromatic N) is 2. The van der Waals surface area contributed by atoms with Gasteiger partial charge < -0.3 is 19.5 Å². The first kappa shape index (κ1) is 16.3. The predicted octanol–water partition coefficient (Wildman–Crippen LogP) is 1.58. The van der Waals surface area contributed by atoms with E-state index in [1.54, 1.807) is 19.2 Å². The molecule has 0 aromatic heterocycles. The van der Waals surface area contributed by atoms with Gasteiger partial charge in [-0.05, 0) is 12.1 Å². The average Bonchev–Trinajstić information content (AvgIpc) is 2.97. The molecule has 0 aliphatic carbocycles. The predicted molar refractivity (Wildman–Crippen MR) is 87.9 cm³/mol. The third-order valence-electron chi connectivity index (χ3n) is 4.31. The van der Waals surface area contributed by atoms with E-state index >= 15 is 0 Å². The Hall–Kier alpha value is -2.54. The lowest BCUT2D eigenvalue weighted by Crippen LogP contribution is -2.48. The summed E-state index contributed by atoms with van der Waals surface area (Å²) in [6, 6.07) is 3.50. The van der Waals surface area contributed by atoms with E-state index in [9.17, 15) is 9.59 Å². The van der Waals surface area contributed by atoms with Gasteiger partial charge in [-0.2, -0.15) is 0 Å². The summed E-state index contributed by atoms with van der Waals surface area (Å²) in [6.45, 7) is 3.22. The van der Waals surface area contributed by atoms with E-state index in [2.05, 4.69) is 4.90 Å². The Balaban J connectivity index is 1.67. The van der Waals surface area contributed by atoms with E-state index in [-0.39, 0.29) is 12.4 Å². The monoisotopic (exact) mass is 332 g/mol. The van der Waals surface area contributed by atoms with Crippen molar-refractivity contribution in [3.8, 4) is 11.5 Å². The fourth-order valence-corrected chi connectivity index (χ4v) is 2.95. The van der Waals surface area contributed by atoms with Crippen LogP contribution in [-0.2, 0) is 0 Å². The highest BCUT2D eigenvalue weighted by Gasteiger charge is 2.25. The van der Waals surface area contributed by atoms with Gasteiger partial charge >= 0.3 is 6.09 Å². The van der Waals surface area contributed by atoms with Crippen molar-refractivity contribution in [2.75, 3.05) is 46.4 Å². The maximum Gasteiger partial charge on any atom is 0.407 e. The molecule has 128 valence electrons. The number of carbonyl (C=O) groups is 2. The van der Waals surface area contributed by atoms with Crippen molar-refractivity contribution in [2.45, 2.75) is 0 Å². The minimum atomic E-state index is -0.864. The van der Waals surface area contributed by atoms with Crippen molar-refractivity contribution in [2.24, 2.45) is 0 Å². The van der Waals surface area contributed by atoms with E-state index < -0.39 is 6.09 Å². The van der Waals surface area contributed by atoms with Gasteiger partial charge in [0.2, 0.25) is 5.78 Å². The number of amides is 1. The lowest BCUT2D eigenvalue weighted by atomic mass is 10.1. The zero-order valence-electron chi connectivity index (χ0n) is 13.5. The second-order valence-electron chi connectivity index (χ2n) is 5.74. The molecule has 7 nitrogen and oxygen atoms in total. The van der Waals surface area contributed by atoms with Gasteiger partial charge in [-0.25, -0.2) is 4.79 Å². The molecule has 0 radical (unpaired) electrons. The molecule has 2 aliphatic rings. The van der Waals surface area contributed by atoms with Gasteiger partial charge in [-0.1, -0.05) is 12.2 Å². The summed E-state index contributed by atoms with van der Waals surface area (Å²) in [5.74, 6) is 1.22. The summed E-state index contributed by atoms with van der Waals surface area (Å²) in [4.78, 5) is 26.3. The van der Waals surface area contributed by atoms with E-state index in [1.807, 2.05) is 12.2 Å². The molecule has 0 atom stereocenters. The Morgan fingerprint density at radius 2 is 2.08 bits per heavy atom. The molecule has 1 saturated heterocycles. The number of Topliss-reactive ketones (excluding diaryl/α,β-unsaturated/α-hetero) is 1. The van der Waals surface area contributed by atoms with Gasteiger partial charge in [0.15, 0.2) is 6.61 Å². The minimum absolute atomic E-state index is 0.0212. The Bertz CT molecular complexity index is 678. The van der Waals surface area contributed by atoms with Gasteiger partial charge in [-0.15, -0.1) is 0 Å². The molecular weight excluding hydrogens is 312 g/mol. The molecule has 1 aromatic rings. The van der Waals surface area contributed by atoms with Crippen LogP contribution in [0.4, 0.5) is 4.79 Å². The number of ether oxygens (including phenoxy) is 2. The van der Waals surface area contributed by atoms with Crippen LogP contribution in [0.2, 0.25) is 0 Å². The number of fused-ring (bicyclic) bond motifs is 1. The number of ketones is 1. The van der Waals surface area contributed by atoms with Crippen molar-refractivity contribution >= 4 is 18.0 Å². The molecular formula is C17H20N2O5. The van der Waals surface area contributed by atoms with Gasteiger partial charge in [0.1, 0.15) is 11.5 Å². The lowest BCUT2D eigenvalue weighted by molar-refractivity contribution is 0.0961. The smallest absolute Gasteiger partial charge is 0.407 e. The summed E-state index contributed by atoms with van der Waals surface area (Å²) in [5.41, 5.74) is 1.36. The summed E-state index contributed by atoms with van der Waals surface area (Å²) in [7, 11) is 1.58. The molecule has 0 bridgehead atoms. The van der Waals surface area contributed by atoms with Crippen LogP contribution >= 0.6 is 0 Å². The van der Waals surface area contributed by atoms with Crippen LogP contribution < -0.4 is 9.47 Å². The van der Waals surface area contributed by atoms with Crippen molar-refractivity contribution < 1.29 is 24.2 Å². The summed E-state index contributed by atoms with van der Waals surface area (Å²) >= 11 is 0. The van der Waals surface area contributed by atoms with Gasteiger partial charge in [0.05, 0.1) is 18.2 Å². The molecule has 1 fully saturated rings. The zero-order chi connectivity index (χ0) is 17.1. The quantitative estimate of drug-likeness (QED) is 0.902. The van der Waals surface area contributed by atoms with Gasteiger partial charge in [0.25, 0.3) is 0 Å². The SMILES string of the molecule is COc1ccc2c(c1/C=C\CN1CCN(C(=O)O)CC1)OCC2=O. The van der Waals surface area contributed by atoms with Crippen molar-refractivity contribution in [3.63, 3.8) is 0 Å². The van der Waals surface area contributed by atoms with E-state index in [0.29, 0.717) is 49.8 Å². The fraction of sp³-hybridized carbons (Fsp3) is 0.412. The number of piperazine rings is 1. The number of methoxy groups -OCH3 is 1. The number of rotatable bonds is 4. The molecule has 3 rings (SSSR count). The van der Waals surface area contributed by atoms with Crippen LogP contribution in [-0.4, -0.2) is 73.2 Å². The maximum absolute atomic E-state index is 11.8. The van der Waals surface area contributed by atoms with E-state index in [0.717, 1.165) is 5.56 Å². The minimum Gasteiger partial charge on any atom is -0.496 e. The number of hydrogen-bond acceptors (Lipinski definition) is 5. The molecule has 1 amide bonds. The summed E-state index contributed by atoms with van der Waals surface area (Å²) in [6.07, 6.45) is 3.03. The van der Waals surface area contributed by atoms with E-state index in [1.165, 1.54) is 4.90 Å². The second kappa shape index (κ2) is 6.92. The first-order valence-corrected chi connectivity index (χ1v) is 7.84. The third kappa shape index (κ3) is 3.21. The molecule has 1 aromatic carbocycles. The molecule has 0 saturated carbocycles. The highest BCUT2D eigenvalue weighted by atomic mass is 16.5. The summed E-state index contributed by atoms with van der Waals surface area (Å²) in [5, 5.41) is 8.96. The maximum atomic E-state index is 11.8. The molecule has 2 aliphatic heterocycles. The Morgan fingerprint density at radius 3 is 2.75 bits per heavy atom. The van der Waals surface area contributed by atoms with Crippen molar-refractivity contribution in [1.29, 1.82) is 0 Å². The fourth-order valence-electron chi connectivity index (χ4n) is 2.95. The van der Waals surface area contributed by atoms with Crippen LogP contribution in [0.15, 0.2) is 18.2 Å². The first-order valence-electron chi connectivity index (χ1n) is 7.84. The lowest BCUT2D eigenvalue weighted by Gasteiger charge is -2.32. The number of carbonyl (C=O) groups excluding carboxylic acids is 1. The topological polar surface area (TPSA) is 79.3 Å². The summed E-state index contributed by atoms with van der Waals surface area (Å²) < 4.78 is 10.9. The molecule has 0 spiro atoms. The second-order valence-corrected chi connectivity index (χ2v) is 5.74. The van der Waals surface area contributed by atoms with E-state index in [4.69, 9.17) is 14.6 Å². The molecule has 24 heavy (non-hydrogen) atoms. The molecule has 7 heteroatoms. The van der Waals surface area contributed by atoms with Crippen LogP contribution in [0.5, 0.6) is 11.5 Å². The normalized spacial score (nSPS) is 17.9. The Kier molecular flexibility index (Phi) is 4.71. The van der Waals surface area contributed by atoms with Crippen LogP contribution in [0, 0.1) is 0 Å². The van der Waals surface area contributed by atoms with Crippen LogP contribution in [0.1, 0.15) is 15.9 Å². The Labute approximate surface area is 140 Å². The highest BCUT2D eigenvalue weighted by molar-refractivity contribution is 6.03. The molecule has 2 heterocycles. The third-order valence-corrected chi connectivity index (χ3v) is 4.31. The number of hydrogen-bond donors (Lipinski definition) is 1. The van der Waals surface area contributed by atoms with Crippen molar-refractivity contribution in [3.05, 3.63) is 29.3 Å². The van der Waals surface area contributed by atoms with Crippen LogP contribution in [0.25, 0.3) is 6.08 Å².